The molecule has 8 nitrogen and oxygen atoms in total. The second-order valence-electron chi connectivity index (χ2n) is 4.60. The van der Waals surface area contributed by atoms with E-state index in [9.17, 15) is 8.42 Å². The Bertz CT molecular complexity index is 892. The van der Waals surface area contributed by atoms with Crippen molar-refractivity contribution in [3.63, 3.8) is 0 Å². The van der Waals surface area contributed by atoms with Gasteiger partial charge >= 0.3 is 0 Å². The van der Waals surface area contributed by atoms with Gasteiger partial charge < -0.3 is 4.52 Å². The fourth-order valence-electron chi connectivity index (χ4n) is 1.79. The van der Waals surface area contributed by atoms with Crippen molar-refractivity contribution in [2.75, 3.05) is 10.5 Å². The fourth-order valence-corrected chi connectivity index (χ4v) is 2.43. The SMILES string of the molecule is CCS(=O)(=O)Nc1ccc(-c2noc(-c3cnccn3)n2)cc1. The number of hydrogen-bond acceptors (Lipinski definition) is 7. The summed E-state index contributed by atoms with van der Waals surface area (Å²) in [6.45, 7) is 1.57. The number of rotatable bonds is 5. The van der Waals surface area contributed by atoms with Crippen LogP contribution in [0, 0.1) is 0 Å². The van der Waals surface area contributed by atoms with E-state index in [0.29, 0.717) is 22.8 Å². The van der Waals surface area contributed by atoms with E-state index in [4.69, 9.17) is 4.52 Å². The summed E-state index contributed by atoms with van der Waals surface area (Å²) < 4.78 is 30.7. The van der Waals surface area contributed by atoms with Crippen LogP contribution in [-0.2, 0) is 10.0 Å². The van der Waals surface area contributed by atoms with Crippen LogP contribution in [0.3, 0.4) is 0 Å². The van der Waals surface area contributed by atoms with E-state index < -0.39 is 10.0 Å². The highest BCUT2D eigenvalue weighted by atomic mass is 32.2. The predicted octanol–water partition coefficient (Wildman–Crippen LogP) is 1.96. The van der Waals surface area contributed by atoms with Crippen LogP contribution in [0.5, 0.6) is 0 Å². The van der Waals surface area contributed by atoms with Gasteiger partial charge in [0.25, 0.3) is 5.89 Å². The zero-order chi connectivity index (χ0) is 16.3. The van der Waals surface area contributed by atoms with E-state index in [2.05, 4.69) is 24.8 Å². The Morgan fingerprint density at radius 3 is 2.61 bits per heavy atom. The lowest BCUT2D eigenvalue weighted by Gasteiger charge is -2.05. The standard InChI is InChI=1S/C14H13N5O3S/c1-2-23(20,21)19-11-5-3-10(4-6-11)13-17-14(22-18-13)12-9-15-7-8-16-12/h3-9,19H,2H2,1H3. The molecule has 0 aliphatic carbocycles. The van der Waals surface area contributed by atoms with Crippen molar-refractivity contribution in [3.05, 3.63) is 42.9 Å². The second-order valence-corrected chi connectivity index (χ2v) is 6.61. The molecule has 2 heterocycles. The van der Waals surface area contributed by atoms with E-state index >= 15 is 0 Å². The van der Waals surface area contributed by atoms with Crippen molar-refractivity contribution >= 4 is 15.7 Å². The summed E-state index contributed by atoms with van der Waals surface area (Å²) in [6, 6.07) is 6.69. The third-order valence-corrected chi connectivity index (χ3v) is 4.31. The lowest BCUT2D eigenvalue weighted by molar-refractivity contribution is 0.431. The van der Waals surface area contributed by atoms with Crippen LogP contribution in [0.4, 0.5) is 5.69 Å². The van der Waals surface area contributed by atoms with Crippen LogP contribution in [0.15, 0.2) is 47.4 Å². The van der Waals surface area contributed by atoms with Crippen LogP contribution in [0.25, 0.3) is 23.0 Å². The van der Waals surface area contributed by atoms with Crippen LogP contribution in [-0.4, -0.2) is 34.3 Å². The first-order chi connectivity index (χ1) is 11.1. The number of nitrogens with one attached hydrogen (secondary N) is 1. The van der Waals surface area contributed by atoms with Crippen molar-refractivity contribution in [1.82, 2.24) is 20.1 Å². The molecule has 0 atom stereocenters. The van der Waals surface area contributed by atoms with Crippen molar-refractivity contribution in [2.45, 2.75) is 6.92 Å². The van der Waals surface area contributed by atoms with Gasteiger partial charge in [-0.05, 0) is 31.2 Å². The molecule has 0 fully saturated rings. The van der Waals surface area contributed by atoms with Gasteiger partial charge in [0.1, 0.15) is 5.69 Å². The molecule has 0 aliphatic heterocycles. The molecule has 0 aliphatic rings. The highest BCUT2D eigenvalue weighted by molar-refractivity contribution is 7.92. The van der Waals surface area contributed by atoms with E-state index in [1.165, 1.54) is 12.4 Å². The lowest BCUT2D eigenvalue weighted by Crippen LogP contribution is -2.14. The van der Waals surface area contributed by atoms with Crippen molar-refractivity contribution < 1.29 is 12.9 Å². The van der Waals surface area contributed by atoms with E-state index in [0.717, 1.165) is 0 Å². The third kappa shape index (κ3) is 3.51. The van der Waals surface area contributed by atoms with Crippen LogP contribution < -0.4 is 4.72 Å². The van der Waals surface area contributed by atoms with Crippen LogP contribution in [0.2, 0.25) is 0 Å². The molecule has 0 unspecified atom stereocenters. The molecular formula is C14H13N5O3S. The van der Waals surface area contributed by atoms with Gasteiger partial charge in [-0.3, -0.25) is 9.71 Å². The zero-order valence-corrected chi connectivity index (χ0v) is 13.0. The normalized spacial score (nSPS) is 11.3. The molecule has 0 saturated carbocycles. The average Bonchev–Trinajstić information content (AvgIpc) is 3.06. The first kappa shape index (κ1) is 15.1. The van der Waals surface area contributed by atoms with Gasteiger partial charge in [0, 0.05) is 23.6 Å². The van der Waals surface area contributed by atoms with Gasteiger partial charge in [0.05, 0.1) is 11.9 Å². The van der Waals surface area contributed by atoms with Crippen molar-refractivity contribution in [3.8, 4) is 23.0 Å². The Morgan fingerprint density at radius 2 is 1.96 bits per heavy atom. The Balaban J connectivity index is 1.82. The molecule has 118 valence electrons. The number of aromatic nitrogens is 4. The Kier molecular flexibility index (Phi) is 4.02. The quantitative estimate of drug-likeness (QED) is 0.760. The minimum atomic E-state index is -3.30. The summed E-state index contributed by atoms with van der Waals surface area (Å²) in [5.74, 6) is 0.667. The largest absolute Gasteiger partial charge is 0.332 e. The minimum Gasteiger partial charge on any atom is -0.332 e. The molecule has 0 amide bonds. The number of nitrogens with zero attached hydrogens (tertiary/aromatic N) is 4. The predicted molar refractivity (Wildman–Crippen MR) is 83.8 cm³/mol. The summed E-state index contributed by atoms with van der Waals surface area (Å²) in [7, 11) is -3.30. The first-order valence-corrected chi connectivity index (χ1v) is 8.43. The van der Waals surface area contributed by atoms with Crippen LogP contribution in [0.1, 0.15) is 6.92 Å². The maximum atomic E-state index is 11.5. The minimum absolute atomic E-state index is 0.0149. The Labute approximate surface area is 132 Å². The molecule has 23 heavy (non-hydrogen) atoms. The van der Waals surface area contributed by atoms with Crippen molar-refractivity contribution in [1.29, 1.82) is 0 Å². The molecule has 9 heteroatoms. The number of sulfonamides is 1. The van der Waals surface area contributed by atoms with Gasteiger partial charge in [0.2, 0.25) is 15.8 Å². The topological polar surface area (TPSA) is 111 Å². The van der Waals surface area contributed by atoms with Gasteiger partial charge in [-0.15, -0.1) is 0 Å². The van der Waals surface area contributed by atoms with E-state index in [1.54, 1.807) is 37.4 Å². The smallest absolute Gasteiger partial charge is 0.278 e. The molecule has 2 aromatic heterocycles. The maximum absolute atomic E-state index is 11.5. The molecule has 0 spiro atoms. The second kappa shape index (κ2) is 6.13. The van der Waals surface area contributed by atoms with Gasteiger partial charge in [-0.2, -0.15) is 4.98 Å². The molecule has 0 bridgehead atoms. The number of benzene rings is 1. The maximum Gasteiger partial charge on any atom is 0.278 e. The molecule has 0 saturated heterocycles. The fraction of sp³-hybridized carbons (Fsp3) is 0.143. The van der Waals surface area contributed by atoms with E-state index in [-0.39, 0.29) is 11.6 Å². The van der Waals surface area contributed by atoms with Crippen LogP contribution >= 0.6 is 0 Å². The Morgan fingerprint density at radius 1 is 1.17 bits per heavy atom. The monoisotopic (exact) mass is 331 g/mol. The van der Waals surface area contributed by atoms with Gasteiger partial charge in [-0.25, -0.2) is 13.4 Å². The number of hydrogen-bond donors (Lipinski definition) is 1. The third-order valence-electron chi connectivity index (χ3n) is 3.00. The first-order valence-electron chi connectivity index (χ1n) is 6.78. The highest BCUT2D eigenvalue weighted by Crippen LogP contribution is 2.22. The molecule has 1 aromatic carbocycles. The highest BCUT2D eigenvalue weighted by Gasteiger charge is 2.12. The zero-order valence-electron chi connectivity index (χ0n) is 12.2. The Hall–Kier alpha value is -2.81. The summed E-state index contributed by atoms with van der Waals surface area (Å²) >= 11 is 0. The molecule has 0 radical (unpaired) electrons. The molecule has 3 rings (SSSR count). The summed E-state index contributed by atoms with van der Waals surface area (Å²) in [5.41, 5.74) is 1.66. The lowest BCUT2D eigenvalue weighted by atomic mass is 10.2. The summed E-state index contributed by atoms with van der Waals surface area (Å²) in [4.78, 5) is 12.3. The summed E-state index contributed by atoms with van der Waals surface area (Å²) in [6.07, 6.45) is 4.62. The van der Waals surface area contributed by atoms with Crippen molar-refractivity contribution in [2.24, 2.45) is 0 Å². The molecular weight excluding hydrogens is 318 g/mol. The molecule has 3 aromatic rings. The van der Waals surface area contributed by atoms with Gasteiger partial charge in [-0.1, -0.05) is 5.16 Å². The molecule has 1 N–H and O–H groups in total. The van der Waals surface area contributed by atoms with E-state index in [1.807, 2.05) is 0 Å². The number of anilines is 1. The van der Waals surface area contributed by atoms with Gasteiger partial charge in [0.15, 0.2) is 0 Å². The average molecular weight is 331 g/mol. The summed E-state index contributed by atoms with van der Waals surface area (Å²) in [5, 5.41) is 3.89.